The molecule has 0 bridgehead atoms. The minimum absolute atomic E-state index is 0.0719. The first kappa shape index (κ1) is 22.1. The maximum absolute atomic E-state index is 13.1. The Morgan fingerprint density at radius 3 is 2.12 bits per heavy atom. The number of benzene rings is 3. The van der Waals surface area contributed by atoms with Gasteiger partial charge in [0.15, 0.2) is 5.84 Å². The molecule has 0 radical (unpaired) electrons. The van der Waals surface area contributed by atoms with Crippen molar-refractivity contribution in [3.05, 3.63) is 102 Å². The van der Waals surface area contributed by atoms with E-state index in [1.54, 1.807) is 30.3 Å². The zero-order valence-corrected chi connectivity index (χ0v) is 18.4. The number of carbonyl (C=O) groups excluding carboxylic acids is 2. The second-order valence-electron chi connectivity index (χ2n) is 7.18. The molecule has 8 nitrogen and oxygen atoms in total. The van der Waals surface area contributed by atoms with Gasteiger partial charge < -0.3 is 5.32 Å². The lowest BCUT2D eigenvalue weighted by Crippen LogP contribution is -2.47. The van der Waals surface area contributed by atoms with Crippen LogP contribution >= 0.6 is 0 Å². The highest BCUT2D eigenvalue weighted by atomic mass is 32.2. The maximum atomic E-state index is 13.1. The molecule has 1 aliphatic heterocycles. The van der Waals surface area contributed by atoms with Gasteiger partial charge in [0.05, 0.1) is 4.90 Å². The lowest BCUT2D eigenvalue weighted by Gasteiger charge is -2.19. The second kappa shape index (κ2) is 9.19. The Labute approximate surface area is 191 Å². The van der Waals surface area contributed by atoms with Gasteiger partial charge in [-0.25, -0.2) is 18.4 Å². The van der Waals surface area contributed by atoms with Gasteiger partial charge in [0.25, 0.3) is 15.9 Å². The number of rotatable bonds is 6. The molecule has 0 aromatic heterocycles. The first-order valence-corrected chi connectivity index (χ1v) is 11.5. The smallest absolute Gasteiger partial charge is 0.293 e. The van der Waals surface area contributed by atoms with Crippen LogP contribution in [0.25, 0.3) is 6.08 Å². The highest BCUT2D eigenvalue weighted by Crippen LogP contribution is 2.22. The van der Waals surface area contributed by atoms with E-state index >= 15 is 0 Å². The number of aliphatic imine (C=N–C) groups is 1. The first-order valence-electron chi connectivity index (χ1n) is 9.99. The number of hydrogen-bond acceptors (Lipinski definition) is 5. The van der Waals surface area contributed by atoms with Crippen molar-refractivity contribution >= 4 is 39.4 Å². The lowest BCUT2D eigenvalue weighted by molar-refractivity contribution is -0.123. The van der Waals surface area contributed by atoms with E-state index in [2.05, 4.69) is 15.1 Å². The maximum Gasteiger partial charge on any atom is 0.293 e. The molecule has 33 heavy (non-hydrogen) atoms. The molecule has 0 saturated heterocycles. The Morgan fingerprint density at radius 2 is 1.52 bits per heavy atom. The van der Waals surface area contributed by atoms with E-state index < -0.39 is 15.9 Å². The van der Waals surface area contributed by atoms with Gasteiger partial charge in [0.1, 0.15) is 5.70 Å². The minimum Gasteiger partial charge on any atom is -0.326 e. The largest absolute Gasteiger partial charge is 0.326 e. The SMILES string of the molecule is CC(=O)Nc1ccc(S(=O)(=O)NN2C(=O)/C(=C/c3ccccc3)N=C2c2ccccc2)cc1. The van der Waals surface area contributed by atoms with Crippen LogP contribution in [0.15, 0.2) is 101 Å². The fourth-order valence-corrected chi connectivity index (χ4v) is 4.19. The summed E-state index contributed by atoms with van der Waals surface area (Å²) in [7, 11) is -4.12. The molecule has 166 valence electrons. The second-order valence-corrected chi connectivity index (χ2v) is 8.84. The van der Waals surface area contributed by atoms with Crippen LogP contribution in [0.5, 0.6) is 0 Å². The molecule has 3 aromatic carbocycles. The fraction of sp³-hybridized carbons (Fsp3) is 0.0417. The van der Waals surface area contributed by atoms with Crippen molar-refractivity contribution in [1.82, 2.24) is 9.84 Å². The molecule has 0 fully saturated rings. The van der Waals surface area contributed by atoms with E-state index in [4.69, 9.17) is 0 Å². The van der Waals surface area contributed by atoms with Gasteiger partial charge in [-0.3, -0.25) is 9.59 Å². The number of nitrogens with one attached hydrogen (secondary N) is 2. The Bertz CT molecular complexity index is 1350. The molecule has 2 amide bonds. The van der Waals surface area contributed by atoms with Crippen molar-refractivity contribution in [2.24, 2.45) is 4.99 Å². The van der Waals surface area contributed by atoms with Crippen LogP contribution < -0.4 is 10.1 Å². The van der Waals surface area contributed by atoms with Gasteiger partial charge in [0.2, 0.25) is 5.91 Å². The van der Waals surface area contributed by atoms with E-state index in [9.17, 15) is 18.0 Å². The summed E-state index contributed by atoms with van der Waals surface area (Å²) in [5.41, 5.74) is 1.89. The zero-order chi connectivity index (χ0) is 23.4. The molecule has 0 saturated carbocycles. The first-order chi connectivity index (χ1) is 15.8. The Balaban J connectivity index is 1.67. The summed E-state index contributed by atoms with van der Waals surface area (Å²) in [6, 6.07) is 23.6. The Hall–Kier alpha value is -4.08. The predicted octanol–water partition coefficient (Wildman–Crippen LogP) is 3.17. The Morgan fingerprint density at radius 1 is 0.909 bits per heavy atom. The number of hydrazine groups is 1. The summed E-state index contributed by atoms with van der Waals surface area (Å²) >= 11 is 0. The predicted molar refractivity (Wildman–Crippen MR) is 125 cm³/mol. The molecule has 4 rings (SSSR count). The molecule has 9 heteroatoms. The summed E-state index contributed by atoms with van der Waals surface area (Å²) < 4.78 is 26.1. The molecule has 1 aliphatic rings. The number of anilines is 1. The van der Waals surface area contributed by atoms with Crippen molar-refractivity contribution in [3.8, 4) is 0 Å². The van der Waals surface area contributed by atoms with Gasteiger partial charge in [-0.15, -0.1) is 4.83 Å². The van der Waals surface area contributed by atoms with Crippen LogP contribution in [-0.4, -0.2) is 31.1 Å². The number of sulfonamides is 1. The van der Waals surface area contributed by atoms with E-state index in [0.29, 0.717) is 11.3 Å². The summed E-state index contributed by atoms with van der Waals surface area (Å²) in [6.45, 7) is 1.36. The molecule has 0 spiro atoms. The fourth-order valence-electron chi connectivity index (χ4n) is 3.18. The van der Waals surface area contributed by atoms with Crippen LogP contribution in [0.3, 0.4) is 0 Å². The molecule has 2 N–H and O–H groups in total. The van der Waals surface area contributed by atoms with Gasteiger partial charge in [-0.1, -0.05) is 60.7 Å². The number of nitrogens with zero attached hydrogens (tertiary/aromatic N) is 2. The van der Waals surface area contributed by atoms with E-state index in [1.165, 1.54) is 31.2 Å². The van der Waals surface area contributed by atoms with Crippen LogP contribution in [-0.2, 0) is 19.6 Å². The van der Waals surface area contributed by atoms with Crippen LogP contribution in [0, 0.1) is 0 Å². The number of amidine groups is 1. The number of carbonyl (C=O) groups is 2. The molecule has 0 unspecified atom stereocenters. The van der Waals surface area contributed by atoms with Crippen molar-refractivity contribution in [2.75, 3.05) is 5.32 Å². The monoisotopic (exact) mass is 460 g/mol. The average molecular weight is 461 g/mol. The van der Waals surface area contributed by atoms with Gasteiger partial charge in [-0.2, -0.15) is 0 Å². The van der Waals surface area contributed by atoms with Crippen molar-refractivity contribution in [3.63, 3.8) is 0 Å². The molecule has 3 aromatic rings. The van der Waals surface area contributed by atoms with Crippen LogP contribution in [0.1, 0.15) is 18.1 Å². The van der Waals surface area contributed by atoms with E-state index in [1.807, 2.05) is 36.4 Å². The lowest BCUT2D eigenvalue weighted by atomic mass is 10.2. The molecular weight excluding hydrogens is 440 g/mol. The molecule has 1 heterocycles. The van der Waals surface area contributed by atoms with Crippen LogP contribution in [0.2, 0.25) is 0 Å². The van der Waals surface area contributed by atoms with Crippen molar-refractivity contribution in [2.45, 2.75) is 11.8 Å². The normalized spacial score (nSPS) is 14.9. The summed E-state index contributed by atoms with van der Waals surface area (Å²) in [6.07, 6.45) is 1.60. The van der Waals surface area contributed by atoms with Gasteiger partial charge in [-0.05, 0) is 35.9 Å². The average Bonchev–Trinajstić information content (AvgIpc) is 3.10. The van der Waals surface area contributed by atoms with Crippen LogP contribution in [0.4, 0.5) is 5.69 Å². The zero-order valence-electron chi connectivity index (χ0n) is 17.6. The standard InChI is InChI=1S/C24H20N4O4S/c1-17(29)25-20-12-14-21(15-13-20)33(31,32)27-28-23(19-10-6-3-7-11-19)26-22(24(28)30)16-18-8-4-2-5-9-18/h2-16,27H,1H3,(H,25,29)/b22-16-. The van der Waals surface area contributed by atoms with E-state index in [0.717, 1.165) is 10.6 Å². The minimum atomic E-state index is -4.12. The molecule has 0 aliphatic carbocycles. The molecular formula is C24H20N4O4S. The topological polar surface area (TPSA) is 108 Å². The third kappa shape index (κ3) is 5.05. The van der Waals surface area contributed by atoms with Gasteiger partial charge in [0, 0.05) is 18.2 Å². The summed E-state index contributed by atoms with van der Waals surface area (Å²) in [5.74, 6) is -0.704. The highest BCUT2D eigenvalue weighted by Gasteiger charge is 2.34. The number of hydrogen-bond donors (Lipinski definition) is 2. The third-order valence-electron chi connectivity index (χ3n) is 4.69. The van der Waals surface area contributed by atoms with Crippen molar-refractivity contribution in [1.29, 1.82) is 0 Å². The Kier molecular flexibility index (Phi) is 6.16. The summed E-state index contributed by atoms with van der Waals surface area (Å²) in [4.78, 5) is 31.0. The van der Waals surface area contributed by atoms with Crippen molar-refractivity contribution < 1.29 is 18.0 Å². The molecule has 0 atom stereocenters. The summed E-state index contributed by atoms with van der Waals surface area (Å²) in [5, 5.41) is 3.51. The third-order valence-corrected chi connectivity index (χ3v) is 6.01. The highest BCUT2D eigenvalue weighted by molar-refractivity contribution is 7.89. The quantitative estimate of drug-likeness (QED) is 0.551. The van der Waals surface area contributed by atoms with Gasteiger partial charge >= 0.3 is 0 Å². The van der Waals surface area contributed by atoms with E-state index in [-0.39, 0.29) is 22.3 Å². The number of amides is 2.